The number of nitriles is 1. The molecule has 1 heterocycles. The summed E-state index contributed by atoms with van der Waals surface area (Å²) in [7, 11) is 0. The van der Waals surface area contributed by atoms with Gasteiger partial charge in [-0.3, -0.25) is 0 Å². The van der Waals surface area contributed by atoms with Gasteiger partial charge in [0.25, 0.3) is 0 Å². The summed E-state index contributed by atoms with van der Waals surface area (Å²) in [5, 5.41) is 20.7. The highest BCUT2D eigenvalue weighted by Crippen LogP contribution is 2.28. The topological polar surface area (TPSA) is 61.6 Å². The summed E-state index contributed by atoms with van der Waals surface area (Å²) in [5.74, 6) is 0.909. The van der Waals surface area contributed by atoms with Crippen LogP contribution in [0.3, 0.4) is 0 Å². The molecule has 2 aromatic rings. The Labute approximate surface area is 120 Å². The number of anilines is 2. The fourth-order valence-corrected chi connectivity index (χ4v) is 3.26. The molecule has 0 unspecified atom stereocenters. The molecule has 0 aliphatic heterocycles. The molecule has 0 amide bonds. The van der Waals surface area contributed by atoms with Gasteiger partial charge in [-0.05, 0) is 31.0 Å². The van der Waals surface area contributed by atoms with Crippen molar-refractivity contribution in [3.05, 3.63) is 29.8 Å². The van der Waals surface area contributed by atoms with Crippen LogP contribution in [0.2, 0.25) is 0 Å². The first kappa shape index (κ1) is 13.8. The third kappa shape index (κ3) is 4.54. The zero-order chi connectivity index (χ0) is 13.5. The van der Waals surface area contributed by atoms with Gasteiger partial charge in [0.1, 0.15) is 0 Å². The maximum Gasteiger partial charge on any atom is 0.210 e. The fourth-order valence-electron chi connectivity index (χ4n) is 1.48. The molecule has 0 spiro atoms. The number of aryl methyl sites for hydroxylation is 1. The van der Waals surface area contributed by atoms with Crippen LogP contribution in [0.25, 0.3) is 0 Å². The molecule has 1 aromatic heterocycles. The molecule has 19 heavy (non-hydrogen) atoms. The first-order valence-electron chi connectivity index (χ1n) is 5.95. The molecule has 0 aliphatic rings. The van der Waals surface area contributed by atoms with E-state index in [9.17, 15) is 0 Å². The second-order valence-electron chi connectivity index (χ2n) is 3.98. The van der Waals surface area contributed by atoms with Crippen molar-refractivity contribution in [1.29, 1.82) is 5.26 Å². The summed E-state index contributed by atoms with van der Waals surface area (Å²) < 4.78 is 0.938. The quantitative estimate of drug-likeness (QED) is 0.644. The largest absolute Gasteiger partial charge is 0.330 e. The number of hydrogen-bond acceptors (Lipinski definition) is 6. The molecular formula is C13H14N4S2. The smallest absolute Gasteiger partial charge is 0.210 e. The molecule has 0 aliphatic carbocycles. The molecule has 0 radical (unpaired) electrons. The van der Waals surface area contributed by atoms with Crippen LogP contribution in [0.4, 0.5) is 10.8 Å². The Hall–Kier alpha value is -1.58. The summed E-state index contributed by atoms with van der Waals surface area (Å²) in [5.41, 5.74) is 2.23. The summed E-state index contributed by atoms with van der Waals surface area (Å²) in [6, 6.07) is 10.3. The van der Waals surface area contributed by atoms with E-state index in [0.717, 1.165) is 27.3 Å². The predicted molar refractivity (Wildman–Crippen MR) is 79.9 cm³/mol. The standard InChI is InChI=1S/C13H14N4S2/c1-10-5-4-6-11(9-10)15-12-16-17-13(19-12)18-8-3-2-7-14/h4-6,9H,2-3,8H2,1H3,(H,15,16). The molecule has 6 heteroatoms. The van der Waals surface area contributed by atoms with Gasteiger partial charge in [-0.2, -0.15) is 5.26 Å². The summed E-state index contributed by atoms with van der Waals surface area (Å²) >= 11 is 3.19. The van der Waals surface area contributed by atoms with E-state index in [4.69, 9.17) is 5.26 Å². The predicted octanol–water partition coefficient (Wildman–Crippen LogP) is 3.99. The third-order valence-electron chi connectivity index (χ3n) is 2.33. The Morgan fingerprint density at radius 3 is 3.11 bits per heavy atom. The van der Waals surface area contributed by atoms with Crippen molar-refractivity contribution in [3.63, 3.8) is 0 Å². The van der Waals surface area contributed by atoms with E-state index in [0.29, 0.717) is 6.42 Å². The number of aromatic nitrogens is 2. The Balaban J connectivity index is 1.89. The first-order chi connectivity index (χ1) is 9.28. The summed E-state index contributed by atoms with van der Waals surface area (Å²) in [6.07, 6.45) is 1.49. The molecule has 0 saturated heterocycles. The van der Waals surface area contributed by atoms with E-state index >= 15 is 0 Å². The highest BCUT2D eigenvalue weighted by atomic mass is 32.2. The minimum absolute atomic E-state index is 0.597. The Kier molecular flexibility index (Phi) is 5.19. The molecule has 98 valence electrons. The number of thioether (sulfide) groups is 1. The van der Waals surface area contributed by atoms with Crippen LogP contribution in [0.15, 0.2) is 28.6 Å². The van der Waals surface area contributed by atoms with Crippen LogP contribution < -0.4 is 5.32 Å². The van der Waals surface area contributed by atoms with Gasteiger partial charge in [0.2, 0.25) is 5.13 Å². The lowest BCUT2D eigenvalue weighted by Crippen LogP contribution is -1.89. The van der Waals surface area contributed by atoms with E-state index in [-0.39, 0.29) is 0 Å². The van der Waals surface area contributed by atoms with E-state index in [2.05, 4.69) is 40.6 Å². The first-order valence-corrected chi connectivity index (χ1v) is 7.75. The van der Waals surface area contributed by atoms with Crippen LogP contribution in [0.5, 0.6) is 0 Å². The zero-order valence-corrected chi connectivity index (χ0v) is 12.2. The number of rotatable bonds is 6. The van der Waals surface area contributed by atoms with Gasteiger partial charge in [-0.25, -0.2) is 0 Å². The number of nitrogens with zero attached hydrogens (tertiary/aromatic N) is 3. The van der Waals surface area contributed by atoms with Crippen molar-refractivity contribution < 1.29 is 0 Å². The number of nitrogens with one attached hydrogen (secondary N) is 1. The molecule has 0 atom stereocenters. The molecule has 1 aromatic carbocycles. The Morgan fingerprint density at radius 2 is 2.32 bits per heavy atom. The van der Waals surface area contributed by atoms with Gasteiger partial charge >= 0.3 is 0 Å². The highest BCUT2D eigenvalue weighted by molar-refractivity contribution is 8.01. The maximum absolute atomic E-state index is 8.46. The van der Waals surface area contributed by atoms with Gasteiger partial charge in [0, 0.05) is 17.9 Å². The molecule has 0 bridgehead atoms. The average Bonchev–Trinajstić information content (AvgIpc) is 2.82. The van der Waals surface area contributed by atoms with Gasteiger partial charge in [-0.1, -0.05) is 35.2 Å². The lowest BCUT2D eigenvalue weighted by molar-refractivity contribution is 0.971. The van der Waals surface area contributed by atoms with Crippen LogP contribution in [-0.4, -0.2) is 16.0 Å². The molecule has 0 fully saturated rings. The monoisotopic (exact) mass is 290 g/mol. The Morgan fingerprint density at radius 1 is 1.42 bits per heavy atom. The molecule has 0 saturated carbocycles. The number of benzene rings is 1. The van der Waals surface area contributed by atoms with Crippen LogP contribution >= 0.6 is 23.1 Å². The lowest BCUT2D eigenvalue weighted by atomic mass is 10.2. The molecule has 4 nitrogen and oxygen atoms in total. The zero-order valence-electron chi connectivity index (χ0n) is 10.6. The number of unbranched alkanes of at least 4 members (excludes halogenated alkanes) is 1. The molecular weight excluding hydrogens is 276 g/mol. The van der Waals surface area contributed by atoms with Crippen molar-refractivity contribution in [2.75, 3.05) is 11.1 Å². The SMILES string of the molecule is Cc1cccc(Nc2nnc(SCCCC#N)s2)c1. The van der Waals surface area contributed by atoms with Crippen molar-refractivity contribution in [2.45, 2.75) is 24.1 Å². The highest BCUT2D eigenvalue weighted by Gasteiger charge is 2.04. The average molecular weight is 290 g/mol. The van der Waals surface area contributed by atoms with Crippen LogP contribution in [-0.2, 0) is 0 Å². The normalized spacial score (nSPS) is 10.1. The Bertz CT molecular complexity index is 574. The van der Waals surface area contributed by atoms with Crippen molar-refractivity contribution in [3.8, 4) is 6.07 Å². The lowest BCUT2D eigenvalue weighted by Gasteiger charge is -2.01. The molecule has 1 N–H and O–H groups in total. The minimum atomic E-state index is 0.597. The van der Waals surface area contributed by atoms with Crippen molar-refractivity contribution in [1.82, 2.24) is 10.2 Å². The maximum atomic E-state index is 8.46. The van der Waals surface area contributed by atoms with E-state index < -0.39 is 0 Å². The second-order valence-corrected chi connectivity index (χ2v) is 6.30. The third-order valence-corrected chi connectivity index (χ3v) is 4.39. The number of hydrogen-bond donors (Lipinski definition) is 1. The summed E-state index contributed by atoms with van der Waals surface area (Å²) in [4.78, 5) is 0. The van der Waals surface area contributed by atoms with E-state index in [1.165, 1.54) is 16.9 Å². The second kappa shape index (κ2) is 7.12. The summed E-state index contributed by atoms with van der Waals surface area (Å²) in [6.45, 7) is 2.06. The van der Waals surface area contributed by atoms with Gasteiger partial charge in [0.05, 0.1) is 6.07 Å². The van der Waals surface area contributed by atoms with Gasteiger partial charge < -0.3 is 5.32 Å². The van der Waals surface area contributed by atoms with E-state index in [1.54, 1.807) is 11.8 Å². The van der Waals surface area contributed by atoms with Crippen molar-refractivity contribution >= 4 is 33.9 Å². The minimum Gasteiger partial charge on any atom is -0.330 e. The van der Waals surface area contributed by atoms with E-state index in [1.807, 2.05) is 12.1 Å². The van der Waals surface area contributed by atoms with Crippen molar-refractivity contribution in [2.24, 2.45) is 0 Å². The van der Waals surface area contributed by atoms with Gasteiger partial charge in [-0.15, -0.1) is 10.2 Å². The molecule has 2 rings (SSSR count). The van der Waals surface area contributed by atoms with Crippen LogP contribution in [0.1, 0.15) is 18.4 Å². The fraction of sp³-hybridized carbons (Fsp3) is 0.308. The van der Waals surface area contributed by atoms with Gasteiger partial charge in [0.15, 0.2) is 4.34 Å². The van der Waals surface area contributed by atoms with Crippen LogP contribution in [0, 0.1) is 18.3 Å².